The molecule has 1 unspecified atom stereocenters. The molecule has 1 aromatic rings. The minimum atomic E-state index is -0.931. The number of hydrogen-bond acceptors (Lipinski definition) is 0. The van der Waals surface area contributed by atoms with Gasteiger partial charge in [0.15, 0.2) is 0 Å². The summed E-state index contributed by atoms with van der Waals surface area (Å²) in [7, 11) is -0.931. The Kier molecular flexibility index (Phi) is 6.25. The standard InChI is InChI=1S/C15H24SeSi/c1-14(17(2,3)4)10-8-9-13-16-15-11-6-5-7-12-15/h5-9,11-12,14H,10,13H2,1-4H3/b9-8+. The summed E-state index contributed by atoms with van der Waals surface area (Å²) in [6, 6.07) is 10.8. The molecule has 0 aliphatic heterocycles. The first kappa shape index (κ1) is 14.8. The number of allylic oxidation sites excluding steroid dienone is 2. The number of benzene rings is 1. The predicted octanol–water partition coefficient (Wildman–Crippen LogP) is 4.11. The number of rotatable bonds is 6. The second-order valence-electron chi connectivity index (χ2n) is 5.60. The van der Waals surface area contributed by atoms with Crippen molar-refractivity contribution in [3.63, 3.8) is 0 Å². The van der Waals surface area contributed by atoms with Crippen LogP contribution >= 0.6 is 0 Å². The molecular formula is C15H24SeSi. The zero-order valence-electron chi connectivity index (χ0n) is 11.4. The van der Waals surface area contributed by atoms with Crippen molar-refractivity contribution >= 4 is 27.5 Å². The molecule has 0 amide bonds. The Morgan fingerprint density at radius 2 is 1.76 bits per heavy atom. The van der Waals surface area contributed by atoms with E-state index in [0.717, 1.165) is 5.54 Å². The van der Waals surface area contributed by atoms with E-state index >= 15 is 0 Å². The molecule has 1 aromatic carbocycles. The summed E-state index contributed by atoms with van der Waals surface area (Å²) in [6.07, 6.45) is 6.04. The summed E-state index contributed by atoms with van der Waals surface area (Å²) in [4.78, 5) is 0. The third-order valence-corrected chi connectivity index (χ3v) is 8.44. The molecule has 0 saturated heterocycles. The fourth-order valence-electron chi connectivity index (χ4n) is 1.38. The van der Waals surface area contributed by atoms with Gasteiger partial charge in [-0.05, 0) is 0 Å². The normalized spacial score (nSPS) is 14.1. The maximum atomic E-state index is 2.46. The van der Waals surface area contributed by atoms with Crippen LogP contribution in [0.3, 0.4) is 0 Å². The van der Waals surface area contributed by atoms with Crippen LogP contribution in [0.15, 0.2) is 42.5 Å². The SMILES string of the molecule is CC(C/C=C/C[Se]c1ccccc1)[Si](C)(C)C. The van der Waals surface area contributed by atoms with Crippen LogP contribution in [0.4, 0.5) is 0 Å². The monoisotopic (exact) mass is 312 g/mol. The predicted molar refractivity (Wildman–Crippen MR) is 83.2 cm³/mol. The Morgan fingerprint density at radius 1 is 1.12 bits per heavy atom. The fraction of sp³-hybridized carbons (Fsp3) is 0.467. The van der Waals surface area contributed by atoms with Gasteiger partial charge in [0.05, 0.1) is 0 Å². The van der Waals surface area contributed by atoms with E-state index in [4.69, 9.17) is 0 Å². The number of hydrogen-bond donors (Lipinski definition) is 0. The van der Waals surface area contributed by atoms with Crippen molar-refractivity contribution in [3.05, 3.63) is 42.5 Å². The first-order valence-electron chi connectivity index (χ1n) is 6.33. The van der Waals surface area contributed by atoms with Crippen LogP contribution in [0.5, 0.6) is 0 Å². The Morgan fingerprint density at radius 3 is 2.35 bits per heavy atom. The van der Waals surface area contributed by atoms with Crippen molar-refractivity contribution < 1.29 is 0 Å². The van der Waals surface area contributed by atoms with Gasteiger partial charge >= 0.3 is 114 Å². The molecule has 94 valence electrons. The van der Waals surface area contributed by atoms with Gasteiger partial charge in [-0.1, -0.05) is 0 Å². The molecule has 0 fully saturated rings. The zero-order chi connectivity index (χ0) is 12.7. The van der Waals surface area contributed by atoms with Gasteiger partial charge in [-0.2, -0.15) is 0 Å². The van der Waals surface area contributed by atoms with Crippen molar-refractivity contribution in [3.8, 4) is 0 Å². The Hall–Kier alpha value is -0.304. The van der Waals surface area contributed by atoms with Crippen molar-refractivity contribution in [2.75, 3.05) is 0 Å². The Bertz CT molecular complexity index is 338. The zero-order valence-corrected chi connectivity index (χ0v) is 14.2. The molecule has 1 rings (SSSR count). The molecule has 0 N–H and O–H groups in total. The van der Waals surface area contributed by atoms with E-state index in [2.05, 4.69) is 69.0 Å². The molecule has 0 bridgehead atoms. The fourth-order valence-corrected chi connectivity index (χ4v) is 3.85. The third kappa shape index (κ3) is 6.26. The van der Waals surface area contributed by atoms with Gasteiger partial charge in [0.25, 0.3) is 0 Å². The molecule has 17 heavy (non-hydrogen) atoms. The van der Waals surface area contributed by atoms with E-state index in [-0.39, 0.29) is 0 Å². The molecular weight excluding hydrogens is 287 g/mol. The van der Waals surface area contributed by atoms with Crippen molar-refractivity contribution in [1.82, 2.24) is 0 Å². The van der Waals surface area contributed by atoms with Gasteiger partial charge in [0, 0.05) is 0 Å². The first-order chi connectivity index (χ1) is 8.00. The summed E-state index contributed by atoms with van der Waals surface area (Å²) < 4.78 is 1.50. The Labute approximate surface area is 114 Å². The van der Waals surface area contributed by atoms with Crippen LogP contribution in [0.25, 0.3) is 0 Å². The van der Waals surface area contributed by atoms with Crippen LogP contribution in [-0.2, 0) is 0 Å². The van der Waals surface area contributed by atoms with Crippen LogP contribution < -0.4 is 4.46 Å². The summed E-state index contributed by atoms with van der Waals surface area (Å²) in [5, 5.41) is 1.23. The summed E-state index contributed by atoms with van der Waals surface area (Å²) in [5.74, 6) is 0. The molecule has 0 radical (unpaired) electrons. The molecule has 0 aromatic heterocycles. The van der Waals surface area contributed by atoms with Gasteiger partial charge in [-0.3, -0.25) is 0 Å². The quantitative estimate of drug-likeness (QED) is 0.548. The molecule has 0 spiro atoms. The molecule has 0 aliphatic carbocycles. The molecule has 0 nitrogen and oxygen atoms in total. The van der Waals surface area contributed by atoms with Crippen LogP contribution in [0.2, 0.25) is 30.5 Å². The van der Waals surface area contributed by atoms with Crippen LogP contribution in [0.1, 0.15) is 13.3 Å². The molecule has 0 saturated carbocycles. The van der Waals surface area contributed by atoms with Gasteiger partial charge < -0.3 is 0 Å². The van der Waals surface area contributed by atoms with Crippen molar-refractivity contribution in [2.24, 2.45) is 0 Å². The average molecular weight is 311 g/mol. The molecule has 1 atom stereocenters. The third-order valence-electron chi connectivity index (χ3n) is 3.22. The van der Waals surface area contributed by atoms with E-state index in [1.165, 1.54) is 16.2 Å². The topological polar surface area (TPSA) is 0 Å². The van der Waals surface area contributed by atoms with Gasteiger partial charge in [-0.15, -0.1) is 0 Å². The molecule has 2 heteroatoms. The minimum absolute atomic E-state index is 0.611. The van der Waals surface area contributed by atoms with Gasteiger partial charge in [-0.25, -0.2) is 0 Å². The Balaban J connectivity index is 2.23. The second kappa shape index (κ2) is 7.20. The van der Waals surface area contributed by atoms with E-state index in [0.29, 0.717) is 15.0 Å². The summed E-state index contributed by atoms with van der Waals surface area (Å²) >= 11 is 0.611. The van der Waals surface area contributed by atoms with Crippen molar-refractivity contribution in [2.45, 2.75) is 43.8 Å². The van der Waals surface area contributed by atoms with E-state index in [1.54, 1.807) is 0 Å². The van der Waals surface area contributed by atoms with E-state index in [1.807, 2.05) is 0 Å². The first-order valence-corrected chi connectivity index (χ1v) is 12.0. The van der Waals surface area contributed by atoms with Crippen LogP contribution in [0, 0.1) is 0 Å². The second-order valence-corrected chi connectivity index (χ2v) is 13.6. The average Bonchev–Trinajstić information content (AvgIpc) is 2.28. The van der Waals surface area contributed by atoms with Crippen LogP contribution in [-0.4, -0.2) is 23.0 Å². The van der Waals surface area contributed by atoms with E-state index < -0.39 is 8.07 Å². The maximum absolute atomic E-state index is 2.46. The molecule has 0 heterocycles. The van der Waals surface area contributed by atoms with Crippen molar-refractivity contribution in [1.29, 1.82) is 0 Å². The van der Waals surface area contributed by atoms with E-state index in [9.17, 15) is 0 Å². The molecule has 0 aliphatic rings. The van der Waals surface area contributed by atoms with Gasteiger partial charge in [0.1, 0.15) is 0 Å². The van der Waals surface area contributed by atoms with Gasteiger partial charge in [0.2, 0.25) is 0 Å². The summed E-state index contributed by atoms with van der Waals surface area (Å²) in [6.45, 7) is 9.77. The summed E-state index contributed by atoms with van der Waals surface area (Å²) in [5.41, 5.74) is 0.892.